The SMILES string of the molecule is CC(C)(CBr)NC(=O)C1Cc2ccccc2C1. The number of halogens is 1. The van der Waals surface area contributed by atoms with Crippen molar-refractivity contribution in [2.75, 3.05) is 5.33 Å². The van der Waals surface area contributed by atoms with Gasteiger partial charge in [-0.15, -0.1) is 0 Å². The molecule has 0 bridgehead atoms. The molecule has 1 N–H and O–H groups in total. The molecule has 92 valence electrons. The zero-order chi connectivity index (χ0) is 12.5. The van der Waals surface area contributed by atoms with E-state index in [2.05, 4.69) is 33.4 Å². The Morgan fingerprint density at radius 1 is 1.35 bits per heavy atom. The summed E-state index contributed by atoms with van der Waals surface area (Å²) in [4.78, 5) is 12.2. The van der Waals surface area contributed by atoms with Crippen molar-refractivity contribution in [1.82, 2.24) is 5.32 Å². The Balaban J connectivity index is 2.01. The number of benzene rings is 1. The molecule has 0 fully saturated rings. The lowest BCUT2D eigenvalue weighted by molar-refractivity contribution is -0.126. The lowest BCUT2D eigenvalue weighted by Crippen LogP contribution is -2.47. The average Bonchev–Trinajstić information content (AvgIpc) is 2.72. The van der Waals surface area contributed by atoms with E-state index >= 15 is 0 Å². The van der Waals surface area contributed by atoms with Crippen LogP contribution in [0.4, 0.5) is 0 Å². The maximum atomic E-state index is 12.2. The van der Waals surface area contributed by atoms with Gasteiger partial charge in [0.2, 0.25) is 5.91 Å². The first-order valence-electron chi connectivity index (χ1n) is 5.96. The second kappa shape index (κ2) is 4.81. The topological polar surface area (TPSA) is 29.1 Å². The minimum atomic E-state index is -0.175. The third-order valence-electron chi connectivity index (χ3n) is 3.22. The highest BCUT2D eigenvalue weighted by molar-refractivity contribution is 9.09. The van der Waals surface area contributed by atoms with Crippen molar-refractivity contribution < 1.29 is 4.79 Å². The molecule has 17 heavy (non-hydrogen) atoms. The highest BCUT2D eigenvalue weighted by Gasteiger charge is 2.30. The standard InChI is InChI=1S/C14H18BrNO/c1-14(2,9-15)16-13(17)12-7-10-5-3-4-6-11(10)8-12/h3-6,12H,7-9H2,1-2H3,(H,16,17). The monoisotopic (exact) mass is 295 g/mol. The predicted molar refractivity (Wildman–Crippen MR) is 73.4 cm³/mol. The summed E-state index contributed by atoms with van der Waals surface area (Å²) >= 11 is 3.42. The van der Waals surface area contributed by atoms with Crippen LogP contribution in [0.25, 0.3) is 0 Å². The van der Waals surface area contributed by atoms with Gasteiger partial charge in [0, 0.05) is 16.8 Å². The predicted octanol–water partition coefficient (Wildman–Crippen LogP) is 2.69. The molecule has 1 aromatic carbocycles. The number of nitrogens with one attached hydrogen (secondary N) is 1. The van der Waals surface area contributed by atoms with Crippen molar-refractivity contribution in [3.8, 4) is 0 Å². The molecule has 0 radical (unpaired) electrons. The van der Waals surface area contributed by atoms with E-state index in [4.69, 9.17) is 0 Å². The summed E-state index contributed by atoms with van der Waals surface area (Å²) in [5.74, 6) is 0.274. The van der Waals surface area contributed by atoms with Gasteiger partial charge in [-0.2, -0.15) is 0 Å². The second-order valence-electron chi connectivity index (χ2n) is 5.38. The Morgan fingerprint density at radius 2 is 1.88 bits per heavy atom. The van der Waals surface area contributed by atoms with E-state index in [1.807, 2.05) is 26.0 Å². The van der Waals surface area contributed by atoms with Gasteiger partial charge < -0.3 is 5.32 Å². The van der Waals surface area contributed by atoms with Crippen molar-refractivity contribution in [2.24, 2.45) is 5.92 Å². The quantitative estimate of drug-likeness (QED) is 0.854. The molecular formula is C14H18BrNO. The fourth-order valence-electron chi connectivity index (χ4n) is 2.21. The van der Waals surface area contributed by atoms with Crippen LogP contribution in [0.5, 0.6) is 0 Å². The minimum absolute atomic E-state index is 0.103. The summed E-state index contributed by atoms with van der Waals surface area (Å²) in [7, 11) is 0. The van der Waals surface area contributed by atoms with Gasteiger partial charge in [-0.3, -0.25) is 4.79 Å². The Bertz CT molecular complexity index is 403. The van der Waals surface area contributed by atoms with E-state index in [9.17, 15) is 4.79 Å². The molecule has 0 saturated heterocycles. The smallest absolute Gasteiger partial charge is 0.224 e. The summed E-state index contributed by atoms with van der Waals surface area (Å²) in [6, 6.07) is 8.33. The first-order valence-corrected chi connectivity index (χ1v) is 7.09. The molecule has 0 unspecified atom stereocenters. The molecule has 3 heteroatoms. The molecule has 0 saturated carbocycles. The zero-order valence-corrected chi connectivity index (χ0v) is 11.9. The molecule has 1 amide bonds. The van der Waals surface area contributed by atoms with Crippen molar-refractivity contribution in [1.29, 1.82) is 0 Å². The van der Waals surface area contributed by atoms with E-state index in [1.54, 1.807) is 0 Å². The van der Waals surface area contributed by atoms with Crippen molar-refractivity contribution in [3.05, 3.63) is 35.4 Å². The molecular weight excluding hydrogens is 278 g/mol. The van der Waals surface area contributed by atoms with Crippen LogP contribution in [0.1, 0.15) is 25.0 Å². The molecule has 1 aliphatic carbocycles. The number of rotatable bonds is 3. The lowest BCUT2D eigenvalue weighted by Gasteiger charge is -2.25. The number of carbonyl (C=O) groups is 1. The number of hydrogen-bond acceptors (Lipinski definition) is 1. The fourth-order valence-corrected chi connectivity index (χ4v) is 2.35. The summed E-state index contributed by atoms with van der Waals surface area (Å²) in [6.07, 6.45) is 1.75. The minimum Gasteiger partial charge on any atom is -0.350 e. The van der Waals surface area contributed by atoms with Crippen LogP contribution in [0.15, 0.2) is 24.3 Å². The third-order valence-corrected chi connectivity index (χ3v) is 4.62. The first-order chi connectivity index (χ1) is 8.02. The van der Waals surface area contributed by atoms with Crippen molar-refractivity contribution in [2.45, 2.75) is 32.2 Å². The number of hydrogen-bond donors (Lipinski definition) is 1. The number of carbonyl (C=O) groups excluding carboxylic acids is 1. The van der Waals surface area contributed by atoms with Gasteiger partial charge in [0.25, 0.3) is 0 Å². The van der Waals surface area contributed by atoms with E-state index in [1.165, 1.54) is 11.1 Å². The van der Waals surface area contributed by atoms with Gasteiger partial charge in [0.15, 0.2) is 0 Å². The Kier molecular flexibility index (Phi) is 3.57. The van der Waals surface area contributed by atoms with Gasteiger partial charge >= 0.3 is 0 Å². The summed E-state index contributed by atoms with van der Waals surface area (Å²) in [5.41, 5.74) is 2.47. The molecule has 0 heterocycles. The molecule has 0 aliphatic heterocycles. The van der Waals surface area contributed by atoms with Gasteiger partial charge in [-0.25, -0.2) is 0 Å². The summed E-state index contributed by atoms with van der Waals surface area (Å²) in [5, 5.41) is 3.87. The van der Waals surface area contributed by atoms with Crippen molar-refractivity contribution >= 4 is 21.8 Å². The molecule has 1 aliphatic rings. The van der Waals surface area contributed by atoms with Crippen LogP contribution < -0.4 is 5.32 Å². The van der Waals surface area contributed by atoms with E-state index in [0.29, 0.717) is 0 Å². The second-order valence-corrected chi connectivity index (χ2v) is 5.94. The van der Waals surface area contributed by atoms with Gasteiger partial charge in [-0.1, -0.05) is 40.2 Å². The molecule has 0 spiro atoms. The van der Waals surface area contributed by atoms with Crippen LogP contribution in [0.3, 0.4) is 0 Å². The Hall–Kier alpha value is -0.830. The summed E-state index contributed by atoms with van der Waals surface area (Å²) < 4.78 is 0. The van der Waals surface area contributed by atoms with Crippen LogP contribution in [-0.2, 0) is 17.6 Å². The van der Waals surface area contributed by atoms with Gasteiger partial charge in [0.05, 0.1) is 0 Å². The van der Waals surface area contributed by atoms with Crippen LogP contribution >= 0.6 is 15.9 Å². The van der Waals surface area contributed by atoms with E-state index < -0.39 is 0 Å². The normalized spacial score (nSPS) is 15.7. The molecule has 0 atom stereocenters. The van der Waals surface area contributed by atoms with E-state index in [0.717, 1.165) is 18.2 Å². The number of fused-ring (bicyclic) bond motifs is 1. The third kappa shape index (κ3) is 2.89. The average molecular weight is 296 g/mol. The van der Waals surface area contributed by atoms with Gasteiger partial charge in [-0.05, 0) is 37.8 Å². The Morgan fingerprint density at radius 3 is 2.35 bits per heavy atom. The molecule has 1 aromatic rings. The molecule has 2 nitrogen and oxygen atoms in total. The largest absolute Gasteiger partial charge is 0.350 e. The van der Waals surface area contributed by atoms with Gasteiger partial charge in [0.1, 0.15) is 0 Å². The first kappa shape index (κ1) is 12.6. The van der Waals surface area contributed by atoms with Crippen LogP contribution in [0.2, 0.25) is 0 Å². The Labute approximate surface area is 111 Å². The van der Waals surface area contributed by atoms with Crippen LogP contribution in [0, 0.1) is 5.92 Å². The lowest BCUT2D eigenvalue weighted by atomic mass is 10.0. The van der Waals surface area contributed by atoms with Crippen molar-refractivity contribution in [3.63, 3.8) is 0 Å². The molecule has 0 aromatic heterocycles. The fraction of sp³-hybridized carbons (Fsp3) is 0.500. The highest BCUT2D eigenvalue weighted by atomic mass is 79.9. The zero-order valence-electron chi connectivity index (χ0n) is 10.3. The maximum Gasteiger partial charge on any atom is 0.224 e. The van der Waals surface area contributed by atoms with E-state index in [-0.39, 0.29) is 17.4 Å². The molecule has 2 rings (SSSR count). The maximum absolute atomic E-state index is 12.2. The summed E-state index contributed by atoms with van der Waals surface area (Å²) in [6.45, 7) is 4.06. The van der Waals surface area contributed by atoms with Crippen LogP contribution in [-0.4, -0.2) is 16.8 Å². The number of alkyl halides is 1. The number of amides is 1. The highest BCUT2D eigenvalue weighted by Crippen LogP contribution is 2.27.